The summed E-state index contributed by atoms with van der Waals surface area (Å²) < 4.78 is 5.44. The highest BCUT2D eigenvalue weighted by Crippen LogP contribution is 2.39. The second-order valence-electron chi connectivity index (χ2n) is 8.17. The standard InChI is InChI=1S/C25H35ClO5/c1-2-31-17-19-9-7-8-18(14-19)15-20(27)12-13-22-21(23(26)16-24(22)28)10-5-3-4-6-11-25(29)30/h3,5,7-9,12-14,20-24,27-28H,2,4,6,10-11,15-17H2,1H3,(H,29,30)/b5-3-,13-12+/t20-,21+,22+,23+,24+/m0/s1. The predicted octanol–water partition coefficient (Wildman–Crippen LogP) is 4.49. The molecule has 0 radical (unpaired) electrons. The summed E-state index contributed by atoms with van der Waals surface area (Å²) in [6, 6.07) is 8.02. The van der Waals surface area contributed by atoms with Crippen LogP contribution in [0.5, 0.6) is 0 Å². The number of unbranched alkanes of at least 4 members (excludes halogenated alkanes) is 1. The van der Waals surface area contributed by atoms with Gasteiger partial charge < -0.3 is 20.1 Å². The third-order valence-corrected chi connectivity index (χ3v) is 6.17. The summed E-state index contributed by atoms with van der Waals surface area (Å²) in [5.74, 6) is -0.798. The van der Waals surface area contributed by atoms with Gasteiger partial charge in [0.25, 0.3) is 0 Å². The van der Waals surface area contributed by atoms with E-state index in [0.29, 0.717) is 32.5 Å². The van der Waals surface area contributed by atoms with Crippen molar-refractivity contribution in [1.82, 2.24) is 0 Å². The van der Waals surface area contributed by atoms with Gasteiger partial charge in [0.15, 0.2) is 0 Å². The fourth-order valence-corrected chi connectivity index (χ4v) is 4.49. The molecule has 2 rings (SSSR count). The third kappa shape index (κ3) is 9.16. The molecule has 6 heteroatoms. The molecular formula is C25H35ClO5. The highest BCUT2D eigenvalue weighted by atomic mass is 35.5. The Morgan fingerprint density at radius 1 is 1.32 bits per heavy atom. The molecule has 0 bridgehead atoms. The molecule has 5 nitrogen and oxygen atoms in total. The van der Waals surface area contributed by atoms with Crippen LogP contribution in [-0.4, -0.2) is 45.5 Å². The Kier molecular flexibility index (Phi) is 11.3. The maximum atomic E-state index is 10.6. The van der Waals surface area contributed by atoms with Crippen LogP contribution >= 0.6 is 11.6 Å². The van der Waals surface area contributed by atoms with Crippen molar-refractivity contribution in [2.75, 3.05) is 6.61 Å². The topological polar surface area (TPSA) is 87.0 Å². The predicted molar refractivity (Wildman–Crippen MR) is 123 cm³/mol. The quantitative estimate of drug-likeness (QED) is 0.234. The number of allylic oxidation sites excluding steroid dienone is 2. The highest BCUT2D eigenvalue weighted by Gasteiger charge is 2.39. The minimum absolute atomic E-state index is 0.0883. The number of hydrogen-bond donors (Lipinski definition) is 3. The Balaban J connectivity index is 1.89. The summed E-state index contributed by atoms with van der Waals surface area (Å²) in [6.45, 7) is 3.19. The van der Waals surface area contributed by atoms with Crippen LogP contribution in [0.2, 0.25) is 0 Å². The van der Waals surface area contributed by atoms with E-state index in [1.807, 2.05) is 49.4 Å². The highest BCUT2D eigenvalue weighted by molar-refractivity contribution is 6.21. The van der Waals surface area contributed by atoms with Gasteiger partial charge in [0.05, 0.1) is 18.8 Å². The van der Waals surface area contributed by atoms with Gasteiger partial charge in [-0.25, -0.2) is 0 Å². The van der Waals surface area contributed by atoms with Crippen LogP contribution in [0.4, 0.5) is 0 Å². The van der Waals surface area contributed by atoms with Gasteiger partial charge in [-0.2, -0.15) is 0 Å². The monoisotopic (exact) mass is 450 g/mol. The van der Waals surface area contributed by atoms with Gasteiger partial charge in [0, 0.05) is 30.7 Å². The normalized spacial score (nSPS) is 24.9. The van der Waals surface area contributed by atoms with Crippen molar-refractivity contribution < 1.29 is 24.9 Å². The van der Waals surface area contributed by atoms with Gasteiger partial charge >= 0.3 is 5.97 Å². The maximum Gasteiger partial charge on any atom is 0.303 e. The van der Waals surface area contributed by atoms with Crippen molar-refractivity contribution in [3.8, 4) is 0 Å². The number of carboxylic acid groups (broad SMARTS) is 1. The number of rotatable bonds is 13. The number of carboxylic acids is 1. The second-order valence-corrected chi connectivity index (χ2v) is 8.73. The first-order chi connectivity index (χ1) is 14.9. The number of halogens is 1. The molecule has 1 fully saturated rings. The van der Waals surface area contributed by atoms with Crippen molar-refractivity contribution in [2.45, 2.75) is 69.6 Å². The molecule has 1 aromatic rings. The first-order valence-electron chi connectivity index (χ1n) is 11.1. The zero-order valence-corrected chi connectivity index (χ0v) is 19.0. The van der Waals surface area contributed by atoms with Gasteiger partial charge in [0.1, 0.15) is 0 Å². The third-order valence-electron chi connectivity index (χ3n) is 5.67. The number of benzene rings is 1. The van der Waals surface area contributed by atoms with Crippen LogP contribution in [0.1, 0.15) is 50.2 Å². The number of hydrogen-bond acceptors (Lipinski definition) is 4. The van der Waals surface area contributed by atoms with E-state index in [-0.39, 0.29) is 23.6 Å². The van der Waals surface area contributed by atoms with E-state index in [4.69, 9.17) is 21.4 Å². The summed E-state index contributed by atoms with van der Waals surface area (Å²) in [4.78, 5) is 10.6. The van der Waals surface area contributed by atoms with Crippen molar-refractivity contribution in [2.24, 2.45) is 11.8 Å². The number of carbonyl (C=O) groups is 1. The molecular weight excluding hydrogens is 416 g/mol. The lowest BCUT2D eigenvalue weighted by atomic mass is 9.90. The summed E-state index contributed by atoms with van der Waals surface area (Å²) in [6.07, 6.45) is 9.78. The molecule has 31 heavy (non-hydrogen) atoms. The molecule has 1 aromatic carbocycles. The van der Waals surface area contributed by atoms with E-state index in [1.165, 1.54) is 0 Å². The second kappa shape index (κ2) is 13.7. The minimum atomic E-state index is -0.780. The Bertz CT molecular complexity index is 732. The molecule has 1 aliphatic carbocycles. The van der Waals surface area contributed by atoms with E-state index in [2.05, 4.69) is 0 Å². The maximum absolute atomic E-state index is 10.6. The first kappa shape index (κ1) is 25.6. The first-order valence-corrected chi connectivity index (χ1v) is 11.5. The zero-order valence-electron chi connectivity index (χ0n) is 18.2. The number of alkyl halides is 1. The number of ether oxygens (including phenoxy) is 1. The lowest BCUT2D eigenvalue weighted by Gasteiger charge is -2.19. The Hall–Kier alpha value is -1.66. The Morgan fingerprint density at radius 2 is 2.10 bits per heavy atom. The largest absolute Gasteiger partial charge is 0.481 e. The molecule has 172 valence electrons. The van der Waals surface area contributed by atoms with E-state index >= 15 is 0 Å². The molecule has 3 N–H and O–H groups in total. The lowest BCUT2D eigenvalue weighted by Crippen LogP contribution is -2.19. The summed E-state index contributed by atoms with van der Waals surface area (Å²) in [5, 5.41) is 29.5. The van der Waals surface area contributed by atoms with Crippen molar-refractivity contribution in [3.63, 3.8) is 0 Å². The molecule has 0 aromatic heterocycles. The molecule has 5 atom stereocenters. The van der Waals surface area contributed by atoms with Gasteiger partial charge in [-0.1, -0.05) is 48.6 Å². The average molecular weight is 451 g/mol. The molecule has 0 unspecified atom stereocenters. The Labute approximate surface area is 190 Å². The fraction of sp³-hybridized carbons (Fsp3) is 0.560. The van der Waals surface area contributed by atoms with Gasteiger partial charge in [0.2, 0.25) is 0 Å². The molecule has 0 amide bonds. The molecule has 1 aliphatic rings. The van der Waals surface area contributed by atoms with Crippen LogP contribution in [-0.2, 0) is 22.6 Å². The minimum Gasteiger partial charge on any atom is -0.481 e. The SMILES string of the molecule is CCOCc1cccc(C[C@@H](O)/C=C/[C@@H]2[C@@H](C/C=C\CCCC(=O)O)[C@H](Cl)C[C@H]2O)c1. The van der Waals surface area contributed by atoms with Crippen LogP contribution in [0, 0.1) is 11.8 Å². The number of aliphatic carboxylic acids is 1. The van der Waals surface area contributed by atoms with E-state index in [9.17, 15) is 15.0 Å². The number of aliphatic hydroxyl groups is 2. The smallest absolute Gasteiger partial charge is 0.303 e. The Morgan fingerprint density at radius 3 is 2.84 bits per heavy atom. The van der Waals surface area contributed by atoms with Crippen LogP contribution in [0.15, 0.2) is 48.6 Å². The number of aliphatic hydroxyl groups excluding tert-OH is 2. The summed E-state index contributed by atoms with van der Waals surface area (Å²) in [7, 11) is 0. The molecule has 0 spiro atoms. The van der Waals surface area contributed by atoms with Crippen molar-refractivity contribution in [3.05, 3.63) is 59.7 Å². The molecule has 0 heterocycles. The van der Waals surface area contributed by atoms with Gasteiger partial charge in [-0.15, -0.1) is 11.6 Å². The molecule has 1 saturated carbocycles. The van der Waals surface area contributed by atoms with Gasteiger partial charge in [-0.05, 0) is 49.7 Å². The van der Waals surface area contributed by atoms with Crippen LogP contribution in [0.3, 0.4) is 0 Å². The molecule has 0 aliphatic heterocycles. The van der Waals surface area contributed by atoms with Crippen LogP contribution < -0.4 is 0 Å². The van der Waals surface area contributed by atoms with Crippen LogP contribution in [0.25, 0.3) is 0 Å². The van der Waals surface area contributed by atoms with Crippen molar-refractivity contribution in [1.29, 1.82) is 0 Å². The molecule has 0 saturated heterocycles. The lowest BCUT2D eigenvalue weighted by molar-refractivity contribution is -0.137. The van der Waals surface area contributed by atoms with Gasteiger partial charge in [-0.3, -0.25) is 4.79 Å². The van der Waals surface area contributed by atoms with E-state index in [0.717, 1.165) is 24.0 Å². The van der Waals surface area contributed by atoms with Crippen molar-refractivity contribution >= 4 is 17.6 Å². The summed E-state index contributed by atoms with van der Waals surface area (Å²) >= 11 is 6.47. The summed E-state index contributed by atoms with van der Waals surface area (Å²) in [5.41, 5.74) is 2.12. The zero-order chi connectivity index (χ0) is 22.6. The fourth-order valence-electron chi connectivity index (χ4n) is 4.04. The van der Waals surface area contributed by atoms with E-state index < -0.39 is 18.2 Å². The average Bonchev–Trinajstić information content (AvgIpc) is 2.99. The van der Waals surface area contributed by atoms with E-state index in [1.54, 1.807) is 6.08 Å².